The van der Waals surface area contributed by atoms with Crippen molar-refractivity contribution in [3.63, 3.8) is 0 Å². The van der Waals surface area contributed by atoms with E-state index < -0.39 is 5.97 Å². The van der Waals surface area contributed by atoms with Gasteiger partial charge in [-0.1, -0.05) is 25.7 Å². The van der Waals surface area contributed by atoms with E-state index in [-0.39, 0.29) is 18.7 Å². The summed E-state index contributed by atoms with van der Waals surface area (Å²) >= 11 is 0. The van der Waals surface area contributed by atoms with Crippen molar-refractivity contribution in [3.05, 3.63) is 0 Å². The first kappa shape index (κ1) is 17.0. The van der Waals surface area contributed by atoms with E-state index in [1.807, 2.05) is 0 Å². The normalized spacial score (nSPS) is 18.7. The lowest BCUT2D eigenvalue weighted by molar-refractivity contribution is -0.186. The predicted molar refractivity (Wildman–Crippen MR) is 74.3 cm³/mol. The molecule has 1 aliphatic heterocycles. The largest absolute Gasteiger partial charge is 0.481 e. The maximum Gasteiger partial charge on any atom is 0.308 e. The molecule has 116 valence electrons. The summed E-state index contributed by atoms with van der Waals surface area (Å²) in [6, 6.07) is 0. The molecule has 20 heavy (non-hydrogen) atoms. The summed E-state index contributed by atoms with van der Waals surface area (Å²) < 4.78 is 10.6. The van der Waals surface area contributed by atoms with Crippen LogP contribution in [-0.4, -0.2) is 29.9 Å². The molecule has 5 nitrogen and oxygen atoms in total. The molecule has 1 unspecified atom stereocenters. The predicted octanol–water partition coefficient (Wildman–Crippen LogP) is 3.26. The van der Waals surface area contributed by atoms with Gasteiger partial charge in [0.05, 0.1) is 6.61 Å². The summed E-state index contributed by atoms with van der Waals surface area (Å²) in [5.74, 6) is -0.888. The van der Waals surface area contributed by atoms with E-state index in [1.54, 1.807) is 0 Å². The quantitative estimate of drug-likeness (QED) is 0.493. The van der Waals surface area contributed by atoms with Gasteiger partial charge in [-0.3, -0.25) is 9.59 Å². The van der Waals surface area contributed by atoms with Crippen molar-refractivity contribution in [2.45, 2.75) is 76.9 Å². The van der Waals surface area contributed by atoms with Crippen LogP contribution >= 0.6 is 0 Å². The minimum absolute atomic E-state index is 0.164. The van der Waals surface area contributed by atoms with E-state index in [0.717, 1.165) is 57.8 Å². The second kappa shape index (κ2) is 10.7. The summed E-state index contributed by atoms with van der Waals surface area (Å²) in [5.41, 5.74) is 0. The molecule has 0 bridgehead atoms. The van der Waals surface area contributed by atoms with E-state index in [1.165, 1.54) is 0 Å². The molecule has 0 aromatic carbocycles. The zero-order chi connectivity index (χ0) is 14.6. The molecule has 1 fully saturated rings. The summed E-state index contributed by atoms with van der Waals surface area (Å²) in [4.78, 5) is 21.9. The standard InChI is InChI=1S/C15H26O5/c16-13(17)9-5-3-1-2-4-6-10-14(18)20-15-11-7-8-12-19-15/h15H,1-12H2,(H,16,17). The molecule has 1 atom stereocenters. The summed E-state index contributed by atoms with van der Waals surface area (Å²) in [7, 11) is 0. The van der Waals surface area contributed by atoms with Crippen LogP contribution in [0.1, 0.15) is 70.6 Å². The molecule has 0 aromatic rings. The van der Waals surface area contributed by atoms with Crippen LogP contribution in [0.5, 0.6) is 0 Å². The minimum atomic E-state index is -0.724. The fourth-order valence-electron chi connectivity index (χ4n) is 2.26. The van der Waals surface area contributed by atoms with Gasteiger partial charge in [0, 0.05) is 19.3 Å². The van der Waals surface area contributed by atoms with Crippen LogP contribution < -0.4 is 0 Å². The van der Waals surface area contributed by atoms with Gasteiger partial charge in [0.15, 0.2) is 0 Å². The Balaban J connectivity index is 1.87. The smallest absolute Gasteiger partial charge is 0.308 e. The van der Waals surface area contributed by atoms with E-state index in [0.29, 0.717) is 13.0 Å². The van der Waals surface area contributed by atoms with Crippen LogP contribution in [0.25, 0.3) is 0 Å². The van der Waals surface area contributed by atoms with Crippen molar-refractivity contribution in [1.82, 2.24) is 0 Å². The molecule has 1 N–H and O–H groups in total. The molecular weight excluding hydrogens is 260 g/mol. The van der Waals surface area contributed by atoms with Crippen LogP contribution in [-0.2, 0) is 19.1 Å². The number of unbranched alkanes of at least 4 members (excludes halogenated alkanes) is 5. The average molecular weight is 286 g/mol. The fraction of sp³-hybridized carbons (Fsp3) is 0.867. The van der Waals surface area contributed by atoms with Crippen LogP contribution in [0.4, 0.5) is 0 Å². The molecule has 0 amide bonds. The topological polar surface area (TPSA) is 72.8 Å². The molecule has 1 heterocycles. The van der Waals surface area contributed by atoms with Gasteiger partial charge in [0.2, 0.25) is 6.29 Å². The number of hydrogen-bond donors (Lipinski definition) is 1. The van der Waals surface area contributed by atoms with E-state index in [4.69, 9.17) is 14.6 Å². The molecular formula is C15H26O5. The number of ether oxygens (including phenoxy) is 2. The SMILES string of the molecule is O=C(O)CCCCCCCCC(=O)OC1CCCCO1. The van der Waals surface area contributed by atoms with Gasteiger partial charge in [-0.2, -0.15) is 0 Å². The van der Waals surface area contributed by atoms with Crippen LogP contribution in [0.3, 0.4) is 0 Å². The first-order chi connectivity index (χ1) is 9.68. The number of rotatable bonds is 10. The summed E-state index contributed by atoms with van der Waals surface area (Å²) in [6.45, 7) is 0.689. The highest BCUT2D eigenvalue weighted by Gasteiger charge is 2.17. The molecule has 0 aliphatic carbocycles. The van der Waals surface area contributed by atoms with E-state index in [2.05, 4.69) is 0 Å². The number of hydrogen-bond acceptors (Lipinski definition) is 4. The van der Waals surface area contributed by atoms with Gasteiger partial charge in [-0.05, 0) is 25.7 Å². The number of esters is 1. The van der Waals surface area contributed by atoms with Gasteiger partial charge in [0.25, 0.3) is 0 Å². The lowest BCUT2D eigenvalue weighted by atomic mass is 10.1. The number of carbonyl (C=O) groups excluding carboxylic acids is 1. The van der Waals surface area contributed by atoms with E-state index in [9.17, 15) is 9.59 Å². The molecule has 0 spiro atoms. The van der Waals surface area contributed by atoms with Crippen molar-refractivity contribution in [2.24, 2.45) is 0 Å². The maximum absolute atomic E-state index is 11.6. The Kier molecular flexibility index (Phi) is 9.04. The average Bonchev–Trinajstić information content (AvgIpc) is 2.42. The molecule has 1 rings (SSSR count). The lowest BCUT2D eigenvalue weighted by Crippen LogP contribution is -2.25. The van der Waals surface area contributed by atoms with Gasteiger partial charge in [0.1, 0.15) is 0 Å². The second-order valence-electron chi connectivity index (χ2n) is 5.30. The number of carbonyl (C=O) groups is 2. The Morgan fingerprint density at radius 2 is 1.65 bits per heavy atom. The third kappa shape index (κ3) is 8.91. The first-order valence-corrected chi connectivity index (χ1v) is 7.71. The molecule has 0 radical (unpaired) electrons. The van der Waals surface area contributed by atoms with Gasteiger partial charge >= 0.3 is 11.9 Å². The molecule has 0 aromatic heterocycles. The highest BCUT2D eigenvalue weighted by molar-refractivity contribution is 5.69. The van der Waals surface area contributed by atoms with Gasteiger partial charge in [-0.15, -0.1) is 0 Å². The first-order valence-electron chi connectivity index (χ1n) is 7.71. The number of carboxylic acid groups (broad SMARTS) is 1. The zero-order valence-electron chi connectivity index (χ0n) is 12.1. The Morgan fingerprint density at radius 1 is 1.00 bits per heavy atom. The Morgan fingerprint density at radius 3 is 2.25 bits per heavy atom. The van der Waals surface area contributed by atoms with E-state index >= 15 is 0 Å². The van der Waals surface area contributed by atoms with Crippen LogP contribution in [0, 0.1) is 0 Å². The monoisotopic (exact) mass is 286 g/mol. The Labute approximate surface area is 120 Å². The number of carboxylic acids is 1. The maximum atomic E-state index is 11.6. The molecule has 0 saturated carbocycles. The lowest BCUT2D eigenvalue weighted by Gasteiger charge is -2.22. The van der Waals surface area contributed by atoms with Gasteiger partial charge in [-0.25, -0.2) is 0 Å². The van der Waals surface area contributed by atoms with Crippen LogP contribution in [0.15, 0.2) is 0 Å². The summed E-state index contributed by atoms with van der Waals surface area (Å²) in [6.07, 6.45) is 8.93. The molecule has 1 saturated heterocycles. The van der Waals surface area contributed by atoms with Crippen molar-refractivity contribution in [2.75, 3.05) is 6.61 Å². The second-order valence-corrected chi connectivity index (χ2v) is 5.30. The molecule has 1 aliphatic rings. The molecule has 5 heteroatoms. The minimum Gasteiger partial charge on any atom is -0.481 e. The summed E-state index contributed by atoms with van der Waals surface area (Å²) in [5, 5.41) is 8.49. The number of aliphatic carboxylic acids is 1. The third-order valence-electron chi connectivity index (χ3n) is 3.42. The fourth-order valence-corrected chi connectivity index (χ4v) is 2.26. The van der Waals surface area contributed by atoms with Crippen molar-refractivity contribution in [3.8, 4) is 0 Å². The van der Waals surface area contributed by atoms with Crippen molar-refractivity contribution < 1.29 is 24.2 Å². The highest BCUT2D eigenvalue weighted by Crippen LogP contribution is 2.15. The third-order valence-corrected chi connectivity index (χ3v) is 3.42. The Bertz CT molecular complexity index is 284. The van der Waals surface area contributed by atoms with Crippen molar-refractivity contribution >= 4 is 11.9 Å². The van der Waals surface area contributed by atoms with Gasteiger partial charge < -0.3 is 14.6 Å². The Hall–Kier alpha value is -1.10. The van der Waals surface area contributed by atoms with Crippen LogP contribution in [0.2, 0.25) is 0 Å². The highest BCUT2D eigenvalue weighted by atomic mass is 16.7. The zero-order valence-corrected chi connectivity index (χ0v) is 12.1. The van der Waals surface area contributed by atoms with Crippen molar-refractivity contribution in [1.29, 1.82) is 0 Å².